The maximum Gasteiger partial charge on any atom is 0.335 e. The Bertz CT molecular complexity index is 2620. The Morgan fingerprint density at radius 2 is 1.03 bits per heavy atom. The van der Waals surface area contributed by atoms with E-state index in [0.29, 0.717) is 25.2 Å². The van der Waals surface area contributed by atoms with Crippen LogP contribution < -0.4 is 5.32 Å². The third-order valence-electron chi connectivity index (χ3n) is 10.1. The largest absolute Gasteiger partial charge is 0.505 e. The summed E-state index contributed by atoms with van der Waals surface area (Å²) in [5.74, 6) is -9.02. The van der Waals surface area contributed by atoms with E-state index in [2.05, 4.69) is 5.32 Å². The first-order valence-electron chi connectivity index (χ1n) is 18.5. The van der Waals surface area contributed by atoms with Crippen LogP contribution >= 0.6 is 23.2 Å². The molecule has 0 aromatic heterocycles. The molecule has 2 saturated heterocycles. The molecule has 2 saturated carbocycles. The summed E-state index contributed by atoms with van der Waals surface area (Å²) in [6.45, 7) is 0.897. The Morgan fingerprint density at radius 1 is 0.639 bits per heavy atom. The van der Waals surface area contributed by atoms with Crippen LogP contribution in [0.15, 0.2) is 58.3 Å². The van der Waals surface area contributed by atoms with Gasteiger partial charge in [-0.3, -0.25) is 4.79 Å². The minimum Gasteiger partial charge on any atom is -0.505 e. The predicted octanol–water partition coefficient (Wildman–Crippen LogP) is 7.77. The number of hydrogen-bond donors (Lipinski definition) is 4. The monoisotopic (exact) mass is 936 g/mol. The molecule has 1 amide bonds. The van der Waals surface area contributed by atoms with Gasteiger partial charge in [-0.25, -0.2) is 48.0 Å². The van der Waals surface area contributed by atoms with E-state index in [-0.39, 0.29) is 57.8 Å². The number of aromatic carboxylic acids is 1. The maximum absolute atomic E-state index is 14.3. The number of nitrogens with one attached hydrogen (secondary N) is 1. The minimum absolute atomic E-state index is 0.0600. The van der Waals surface area contributed by atoms with Crippen molar-refractivity contribution in [2.45, 2.75) is 71.2 Å². The lowest BCUT2D eigenvalue weighted by Gasteiger charge is -2.34. The average Bonchev–Trinajstić information content (AvgIpc) is 4.09. The van der Waals surface area contributed by atoms with Gasteiger partial charge in [-0.05, 0) is 85.0 Å². The van der Waals surface area contributed by atoms with Gasteiger partial charge in [0.1, 0.15) is 45.4 Å². The van der Waals surface area contributed by atoms with Crippen LogP contribution in [0.3, 0.4) is 0 Å². The lowest BCUT2D eigenvalue weighted by Crippen LogP contribution is -2.51. The highest BCUT2D eigenvalue weighted by Crippen LogP contribution is 2.44. The highest BCUT2D eigenvalue weighted by molar-refractivity contribution is 7.91. The number of carboxylic acid groups (broad SMARTS) is 1. The molecule has 4 N–H and O–H groups in total. The van der Waals surface area contributed by atoms with E-state index in [4.69, 9.17) is 28.3 Å². The fourth-order valence-corrected chi connectivity index (χ4v) is 9.87. The van der Waals surface area contributed by atoms with Crippen molar-refractivity contribution >= 4 is 54.8 Å². The highest BCUT2D eigenvalue weighted by Gasteiger charge is 2.34. The molecule has 0 atom stereocenters. The summed E-state index contributed by atoms with van der Waals surface area (Å²) in [4.78, 5) is 23.3. The number of nitrogens with zero attached hydrogens (tertiary/aromatic N) is 1. The molecule has 21 heteroatoms. The van der Waals surface area contributed by atoms with Crippen molar-refractivity contribution in [3.63, 3.8) is 0 Å². The minimum atomic E-state index is -4.35. The molecule has 11 nitrogen and oxygen atoms in total. The van der Waals surface area contributed by atoms with Crippen molar-refractivity contribution in [2.24, 2.45) is 0 Å². The lowest BCUT2D eigenvalue weighted by molar-refractivity contribution is 0.0400. The van der Waals surface area contributed by atoms with Gasteiger partial charge in [-0.1, -0.05) is 23.2 Å². The van der Waals surface area contributed by atoms with E-state index >= 15 is 0 Å². The Balaban J connectivity index is 0.000000184. The molecule has 2 aliphatic carbocycles. The van der Waals surface area contributed by atoms with E-state index in [1.54, 1.807) is 0 Å². The van der Waals surface area contributed by atoms with Crippen LogP contribution in [0.2, 0.25) is 10.0 Å². The lowest BCUT2D eigenvalue weighted by atomic mass is 10.1. The summed E-state index contributed by atoms with van der Waals surface area (Å²) in [5.41, 5.74) is -0.575. The van der Waals surface area contributed by atoms with Crippen molar-refractivity contribution in [1.29, 1.82) is 0 Å². The van der Waals surface area contributed by atoms with E-state index in [0.717, 1.165) is 49.9 Å². The van der Waals surface area contributed by atoms with Crippen molar-refractivity contribution in [3.05, 3.63) is 115 Å². The number of aromatic hydroxyl groups is 2. The van der Waals surface area contributed by atoms with E-state index in [1.165, 1.54) is 17.0 Å². The smallest absolute Gasteiger partial charge is 0.335 e. The summed E-state index contributed by atoms with van der Waals surface area (Å²) in [6, 6.07) is 7.33. The maximum atomic E-state index is 14.3. The molecule has 0 radical (unpaired) electrons. The number of carbonyl (C=O) groups excluding carboxylic acids is 1. The average molecular weight is 938 g/mol. The predicted molar refractivity (Wildman–Crippen MR) is 210 cm³/mol. The van der Waals surface area contributed by atoms with Crippen LogP contribution in [0.4, 0.5) is 26.3 Å². The zero-order valence-corrected chi connectivity index (χ0v) is 34.7. The van der Waals surface area contributed by atoms with E-state index in [1.807, 2.05) is 0 Å². The molecule has 0 bridgehead atoms. The van der Waals surface area contributed by atoms with E-state index in [9.17, 15) is 63.0 Å². The number of alkyl halides is 2. The molecule has 8 rings (SSSR count). The Kier molecular flexibility index (Phi) is 13.6. The van der Waals surface area contributed by atoms with Gasteiger partial charge in [-0.2, -0.15) is 0 Å². The second-order valence-corrected chi connectivity index (χ2v) is 19.7. The zero-order chi connectivity index (χ0) is 44.7. The Hall–Kier alpha value is -4.56. The molecule has 61 heavy (non-hydrogen) atoms. The van der Waals surface area contributed by atoms with E-state index < -0.39 is 111 Å². The number of likely N-dealkylation sites (tertiary alicyclic amines) is 1. The van der Waals surface area contributed by atoms with Crippen molar-refractivity contribution in [3.8, 4) is 11.5 Å². The summed E-state index contributed by atoms with van der Waals surface area (Å²) < 4.78 is 132. The van der Waals surface area contributed by atoms with Gasteiger partial charge >= 0.3 is 5.97 Å². The second-order valence-electron chi connectivity index (χ2n) is 15.0. The van der Waals surface area contributed by atoms with Gasteiger partial charge in [-0.15, -0.1) is 0 Å². The first-order valence-corrected chi connectivity index (χ1v) is 22.6. The number of amides is 1. The van der Waals surface area contributed by atoms with Crippen molar-refractivity contribution < 1.29 is 68.1 Å². The second kappa shape index (κ2) is 18.0. The number of rotatable bonds is 10. The van der Waals surface area contributed by atoms with Gasteiger partial charge in [0.25, 0.3) is 5.91 Å². The Morgan fingerprint density at radius 3 is 1.38 bits per heavy atom. The molecule has 0 unspecified atom stereocenters. The highest BCUT2D eigenvalue weighted by atomic mass is 35.5. The number of phenols is 2. The molecular weight excluding hydrogens is 901 g/mol. The van der Waals surface area contributed by atoms with Crippen LogP contribution in [0, 0.1) is 23.3 Å². The number of hydrogen-bond acceptors (Lipinski definition) is 9. The third-order valence-corrected chi connectivity index (χ3v) is 14.1. The fraction of sp³-hybridized carbons (Fsp3) is 0.350. The third kappa shape index (κ3) is 10.7. The van der Waals surface area contributed by atoms with Gasteiger partial charge in [0.05, 0.1) is 40.2 Å². The molecule has 2 aliphatic heterocycles. The topological polar surface area (TPSA) is 178 Å². The van der Waals surface area contributed by atoms with Crippen LogP contribution in [0.25, 0.3) is 0 Å². The molecule has 4 aliphatic rings. The van der Waals surface area contributed by atoms with Crippen molar-refractivity contribution in [2.75, 3.05) is 26.2 Å². The first-order chi connectivity index (χ1) is 28.6. The molecule has 2 heterocycles. The summed E-state index contributed by atoms with van der Waals surface area (Å²) in [7, 11) is -8.69. The Labute approximate surface area is 355 Å². The number of sulfone groups is 2. The van der Waals surface area contributed by atoms with Crippen LogP contribution in [0.1, 0.15) is 80.5 Å². The fourth-order valence-electron chi connectivity index (χ4n) is 6.32. The van der Waals surface area contributed by atoms with Crippen LogP contribution in [-0.4, -0.2) is 87.5 Å². The first kappa shape index (κ1) is 46.0. The van der Waals surface area contributed by atoms with Gasteiger partial charge in [0, 0.05) is 41.9 Å². The molecule has 4 fully saturated rings. The number of carbonyl (C=O) groups is 2. The number of halogens is 8. The molecular formula is C40H36Cl2F6N2O9S2. The quantitative estimate of drug-likeness (QED) is 0.115. The van der Waals surface area contributed by atoms with Crippen LogP contribution in [-0.2, 0) is 31.2 Å². The standard InChI is InChI=1S/C20H17ClF3NO4S.C17H13ClF2O5S.C3H6FN/c21-15-4-11(20(27)25-7-13(22)8-25)5-18(19(15)26)30(28,29)9-12-3-14(10-1-2-10)17(24)6-16(12)23;18-12-4-9(17(22)23)5-15(16(12)21)26(24,25)7-10-3-11(8-1-2-8)14(20)6-13(10)19;4-3-1-5-2-3/h3-6,10,13,26H,1-2,7-9H2;3-6,8,21H,1-2,7H2,(H,22,23);3,5H,1-2H2. The number of benzene rings is 4. The molecule has 328 valence electrons. The van der Waals surface area contributed by atoms with Gasteiger partial charge in [0.2, 0.25) is 0 Å². The number of phenolic OH excluding ortho intramolecular Hbond substituents is 2. The van der Waals surface area contributed by atoms with Crippen molar-refractivity contribution in [1.82, 2.24) is 10.2 Å². The summed E-state index contributed by atoms with van der Waals surface area (Å²) in [5, 5.41) is 31.1. The normalized spacial score (nSPS) is 16.7. The zero-order valence-electron chi connectivity index (χ0n) is 31.6. The SMILES string of the molecule is FC1CNC1.O=C(O)c1cc(Cl)c(O)c(S(=O)(=O)Cc2cc(C3CC3)c(F)cc2F)c1.O=C(c1cc(Cl)c(O)c(S(=O)(=O)Cc2cc(C3CC3)c(F)cc2F)c1)N1CC(F)C1. The summed E-state index contributed by atoms with van der Waals surface area (Å²) >= 11 is 11.6. The molecule has 4 aromatic carbocycles. The molecule has 0 spiro atoms. The van der Waals surface area contributed by atoms with Gasteiger partial charge in [0.15, 0.2) is 31.2 Å². The van der Waals surface area contributed by atoms with Gasteiger partial charge < -0.3 is 25.5 Å². The summed E-state index contributed by atoms with van der Waals surface area (Å²) in [6.07, 6.45) is 1.27. The van der Waals surface area contributed by atoms with Crippen LogP contribution in [0.5, 0.6) is 11.5 Å². The molecule has 4 aromatic rings. The number of carboxylic acids is 1.